The zero-order chi connectivity index (χ0) is 17.8. The average Bonchev–Trinajstić information content (AvgIpc) is 3.07. The summed E-state index contributed by atoms with van der Waals surface area (Å²) in [6, 6.07) is 14.7. The summed E-state index contributed by atoms with van der Waals surface area (Å²) in [7, 11) is 3.36. The number of rotatable bonds is 4. The Hall–Kier alpha value is -3.28. The second-order valence-corrected chi connectivity index (χ2v) is 5.99. The lowest BCUT2D eigenvalue weighted by molar-refractivity contribution is 0.0951. The minimum absolute atomic E-state index is 0.140. The van der Waals surface area contributed by atoms with E-state index in [0.717, 1.165) is 16.5 Å². The van der Waals surface area contributed by atoms with Gasteiger partial charge in [-0.15, -0.1) is 0 Å². The van der Waals surface area contributed by atoms with Crippen LogP contribution in [0.2, 0.25) is 0 Å². The van der Waals surface area contributed by atoms with E-state index in [1.807, 2.05) is 48.7 Å². The van der Waals surface area contributed by atoms with Crippen molar-refractivity contribution in [2.75, 3.05) is 19.4 Å². The van der Waals surface area contributed by atoms with Crippen LogP contribution in [0.3, 0.4) is 0 Å². The van der Waals surface area contributed by atoms with Crippen molar-refractivity contribution in [3.05, 3.63) is 65.9 Å². The quantitative estimate of drug-likeness (QED) is 0.684. The van der Waals surface area contributed by atoms with E-state index >= 15 is 0 Å². The number of H-pyrrole nitrogens is 1. The number of urea groups is 1. The first-order chi connectivity index (χ1) is 12.0. The molecule has 3 amide bonds. The third kappa shape index (κ3) is 3.98. The molecule has 0 radical (unpaired) electrons. The fraction of sp³-hybridized carbons (Fsp3) is 0.158. The van der Waals surface area contributed by atoms with Crippen LogP contribution in [-0.4, -0.2) is 35.9 Å². The monoisotopic (exact) mass is 336 g/mol. The molecule has 2 aromatic carbocycles. The van der Waals surface area contributed by atoms with Crippen molar-refractivity contribution in [1.82, 2.24) is 15.2 Å². The van der Waals surface area contributed by atoms with Gasteiger partial charge in [-0.2, -0.15) is 0 Å². The number of carbonyl (C=O) groups excluding carboxylic acids is 2. The zero-order valence-electron chi connectivity index (χ0n) is 14.2. The first kappa shape index (κ1) is 16.6. The lowest BCUT2D eigenvalue weighted by Gasteiger charge is -2.13. The number of hydrogen-bond acceptors (Lipinski definition) is 2. The van der Waals surface area contributed by atoms with Crippen molar-refractivity contribution >= 4 is 28.5 Å². The van der Waals surface area contributed by atoms with Gasteiger partial charge in [-0.1, -0.05) is 18.2 Å². The Bertz CT molecular complexity index is 914. The molecule has 0 aliphatic carbocycles. The lowest BCUT2D eigenvalue weighted by Crippen LogP contribution is -2.27. The summed E-state index contributed by atoms with van der Waals surface area (Å²) < 4.78 is 0. The van der Waals surface area contributed by atoms with E-state index in [1.54, 1.807) is 20.2 Å². The van der Waals surface area contributed by atoms with Crippen molar-refractivity contribution in [3.8, 4) is 0 Å². The summed E-state index contributed by atoms with van der Waals surface area (Å²) in [4.78, 5) is 28.6. The van der Waals surface area contributed by atoms with Crippen molar-refractivity contribution in [2.45, 2.75) is 6.54 Å². The SMILES string of the molecule is CN(C)C(=O)Nc1cccc(CNC(=O)c2ccc3cc[nH]c3c2)c1. The Kier molecular flexibility index (Phi) is 4.70. The van der Waals surface area contributed by atoms with Crippen molar-refractivity contribution in [1.29, 1.82) is 0 Å². The number of aromatic amines is 1. The molecule has 128 valence electrons. The van der Waals surface area contributed by atoms with Gasteiger partial charge >= 0.3 is 6.03 Å². The van der Waals surface area contributed by atoms with Crippen LogP contribution in [0.5, 0.6) is 0 Å². The summed E-state index contributed by atoms with van der Waals surface area (Å²) in [6.07, 6.45) is 1.85. The minimum atomic E-state index is -0.194. The molecular formula is C19H20N4O2. The molecule has 0 saturated carbocycles. The van der Waals surface area contributed by atoms with E-state index in [1.165, 1.54) is 4.90 Å². The predicted octanol–water partition coefficient (Wildman–Crippen LogP) is 3.19. The second-order valence-electron chi connectivity index (χ2n) is 5.99. The number of benzene rings is 2. The molecule has 25 heavy (non-hydrogen) atoms. The van der Waals surface area contributed by atoms with E-state index in [4.69, 9.17) is 0 Å². The van der Waals surface area contributed by atoms with Gasteiger partial charge in [-0.25, -0.2) is 4.79 Å². The van der Waals surface area contributed by atoms with Gasteiger partial charge in [0.05, 0.1) is 0 Å². The molecule has 0 aliphatic rings. The Morgan fingerprint density at radius 1 is 1.08 bits per heavy atom. The molecule has 0 saturated heterocycles. The number of anilines is 1. The van der Waals surface area contributed by atoms with Crippen LogP contribution in [0.25, 0.3) is 10.9 Å². The predicted molar refractivity (Wildman–Crippen MR) is 98.6 cm³/mol. The molecule has 6 nitrogen and oxygen atoms in total. The van der Waals surface area contributed by atoms with Crippen LogP contribution in [0.4, 0.5) is 10.5 Å². The standard InChI is InChI=1S/C19H20N4O2/c1-23(2)19(25)22-16-5-3-4-13(10-16)12-21-18(24)15-7-6-14-8-9-20-17(14)11-15/h3-11,20H,12H2,1-2H3,(H,21,24)(H,22,25). The summed E-state index contributed by atoms with van der Waals surface area (Å²) in [5, 5.41) is 6.76. The Morgan fingerprint density at radius 3 is 2.72 bits per heavy atom. The Balaban J connectivity index is 1.64. The van der Waals surface area contributed by atoms with Crippen LogP contribution in [0, 0.1) is 0 Å². The highest BCUT2D eigenvalue weighted by molar-refractivity contribution is 5.97. The number of aromatic nitrogens is 1. The molecule has 3 N–H and O–H groups in total. The van der Waals surface area contributed by atoms with Crippen LogP contribution >= 0.6 is 0 Å². The van der Waals surface area contributed by atoms with Crippen LogP contribution < -0.4 is 10.6 Å². The van der Waals surface area contributed by atoms with E-state index < -0.39 is 0 Å². The number of fused-ring (bicyclic) bond motifs is 1. The number of carbonyl (C=O) groups is 2. The number of nitrogens with one attached hydrogen (secondary N) is 3. The van der Waals surface area contributed by atoms with Crippen molar-refractivity contribution in [3.63, 3.8) is 0 Å². The second kappa shape index (κ2) is 7.09. The molecule has 3 rings (SSSR count). The van der Waals surface area contributed by atoms with Crippen LogP contribution in [0.1, 0.15) is 15.9 Å². The zero-order valence-corrected chi connectivity index (χ0v) is 14.2. The average molecular weight is 336 g/mol. The van der Waals surface area contributed by atoms with Crippen LogP contribution in [0.15, 0.2) is 54.7 Å². The number of amides is 3. The summed E-state index contributed by atoms with van der Waals surface area (Å²) in [5.41, 5.74) is 3.14. The van der Waals surface area contributed by atoms with Gasteiger partial charge in [0.1, 0.15) is 0 Å². The van der Waals surface area contributed by atoms with E-state index in [9.17, 15) is 9.59 Å². The molecule has 0 spiro atoms. The van der Waals surface area contributed by atoms with Gasteiger partial charge in [0, 0.05) is 43.6 Å². The van der Waals surface area contributed by atoms with Gasteiger partial charge in [0.15, 0.2) is 0 Å². The highest BCUT2D eigenvalue weighted by Gasteiger charge is 2.08. The largest absolute Gasteiger partial charge is 0.361 e. The Labute approximate surface area is 145 Å². The summed E-state index contributed by atoms with van der Waals surface area (Å²) >= 11 is 0. The maximum Gasteiger partial charge on any atom is 0.321 e. The van der Waals surface area contributed by atoms with Gasteiger partial charge in [0.2, 0.25) is 0 Å². The topological polar surface area (TPSA) is 77.2 Å². The maximum absolute atomic E-state index is 12.3. The molecule has 0 atom stereocenters. The molecule has 0 aliphatic heterocycles. The summed E-state index contributed by atoms with van der Waals surface area (Å²) in [6.45, 7) is 0.382. The van der Waals surface area contributed by atoms with Gasteiger partial charge in [-0.05, 0) is 41.3 Å². The van der Waals surface area contributed by atoms with E-state index in [2.05, 4.69) is 15.6 Å². The molecule has 0 unspecified atom stereocenters. The molecular weight excluding hydrogens is 316 g/mol. The molecule has 1 aromatic heterocycles. The number of hydrogen-bond donors (Lipinski definition) is 3. The molecule has 0 fully saturated rings. The molecule has 6 heteroatoms. The third-order valence-corrected chi connectivity index (χ3v) is 3.85. The van der Waals surface area contributed by atoms with Crippen LogP contribution in [-0.2, 0) is 6.54 Å². The fourth-order valence-corrected chi connectivity index (χ4v) is 2.47. The smallest absolute Gasteiger partial charge is 0.321 e. The molecule has 0 bridgehead atoms. The minimum Gasteiger partial charge on any atom is -0.361 e. The fourth-order valence-electron chi connectivity index (χ4n) is 2.47. The highest BCUT2D eigenvalue weighted by Crippen LogP contribution is 2.15. The third-order valence-electron chi connectivity index (χ3n) is 3.85. The molecule has 3 aromatic rings. The van der Waals surface area contributed by atoms with Crippen molar-refractivity contribution < 1.29 is 9.59 Å². The maximum atomic E-state index is 12.3. The summed E-state index contributed by atoms with van der Waals surface area (Å²) in [5.74, 6) is -0.140. The molecule has 1 heterocycles. The Morgan fingerprint density at radius 2 is 1.92 bits per heavy atom. The first-order valence-corrected chi connectivity index (χ1v) is 7.95. The normalized spacial score (nSPS) is 10.5. The van der Waals surface area contributed by atoms with Gasteiger partial charge in [-0.3, -0.25) is 4.79 Å². The van der Waals surface area contributed by atoms with Gasteiger partial charge < -0.3 is 20.5 Å². The highest BCUT2D eigenvalue weighted by atomic mass is 16.2. The number of nitrogens with zero attached hydrogens (tertiary/aromatic N) is 1. The lowest BCUT2D eigenvalue weighted by atomic mass is 10.1. The first-order valence-electron chi connectivity index (χ1n) is 7.95. The van der Waals surface area contributed by atoms with Crippen molar-refractivity contribution in [2.24, 2.45) is 0 Å². The van der Waals surface area contributed by atoms with Gasteiger partial charge in [0.25, 0.3) is 5.91 Å². The van der Waals surface area contributed by atoms with E-state index in [-0.39, 0.29) is 11.9 Å². The van der Waals surface area contributed by atoms with E-state index in [0.29, 0.717) is 17.8 Å².